The molecular formula is C25H30N4O3. The number of para-hydroxylation sites is 1. The maximum Gasteiger partial charge on any atom is 0.318 e. The number of nitrogens with one attached hydrogen (secondary N) is 1. The first kappa shape index (κ1) is 20.7. The number of hydrogen-bond donors (Lipinski definition) is 1. The normalized spacial score (nSPS) is 20.6. The predicted molar refractivity (Wildman–Crippen MR) is 120 cm³/mol. The van der Waals surface area contributed by atoms with Crippen molar-refractivity contribution in [1.82, 2.24) is 19.8 Å². The second-order valence-corrected chi connectivity index (χ2v) is 9.00. The van der Waals surface area contributed by atoms with E-state index in [0.717, 1.165) is 35.7 Å². The first-order chi connectivity index (χ1) is 15.5. The van der Waals surface area contributed by atoms with E-state index in [1.807, 2.05) is 53.0 Å². The van der Waals surface area contributed by atoms with E-state index in [-0.39, 0.29) is 12.1 Å². The second-order valence-electron chi connectivity index (χ2n) is 9.00. The van der Waals surface area contributed by atoms with Crippen LogP contribution in [-0.4, -0.2) is 33.6 Å². The van der Waals surface area contributed by atoms with Gasteiger partial charge in [0.1, 0.15) is 29.1 Å². The zero-order valence-electron chi connectivity index (χ0n) is 18.8. The molecule has 3 aromatic rings. The summed E-state index contributed by atoms with van der Waals surface area (Å²) in [5.74, 6) is 4.58. The van der Waals surface area contributed by atoms with Crippen molar-refractivity contribution < 1.29 is 13.9 Å². The number of ether oxygens (including phenoxy) is 1. The number of aromatic nitrogens is 2. The average Bonchev–Trinajstić information content (AvgIpc) is 3.68. The van der Waals surface area contributed by atoms with Crippen LogP contribution in [0.25, 0.3) is 0 Å². The van der Waals surface area contributed by atoms with Crippen LogP contribution < -0.4 is 10.1 Å². The molecule has 1 aromatic carbocycles. The molecule has 2 aliphatic carbocycles. The van der Waals surface area contributed by atoms with Crippen molar-refractivity contribution >= 4 is 6.03 Å². The lowest BCUT2D eigenvalue weighted by Crippen LogP contribution is -2.43. The van der Waals surface area contributed by atoms with Crippen LogP contribution in [0.4, 0.5) is 4.79 Å². The third-order valence-corrected chi connectivity index (χ3v) is 6.57. The molecule has 0 radical (unpaired) electrons. The van der Waals surface area contributed by atoms with E-state index >= 15 is 0 Å². The van der Waals surface area contributed by atoms with Crippen molar-refractivity contribution in [3.63, 3.8) is 0 Å². The largest absolute Gasteiger partial charge is 0.496 e. The monoisotopic (exact) mass is 434 g/mol. The number of furan rings is 1. The van der Waals surface area contributed by atoms with Crippen molar-refractivity contribution in [3.8, 4) is 5.75 Å². The molecule has 0 bridgehead atoms. The van der Waals surface area contributed by atoms with Gasteiger partial charge in [0, 0.05) is 37.0 Å². The lowest BCUT2D eigenvalue weighted by Gasteiger charge is -2.27. The van der Waals surface area contributed by atoms with Gasteiger partial charge in [-0.25, -0.2) is 9.78 Å². The van der Waals surface area contributed by atoms with Crippen LogP contribution in [0.1, 0.15) is 61.1 Å². The van der Waals surface area contributed by atoms with Gasteiger partial charge >= 0.3 is 6.03 Å². The van der Waals surface area contributed by atoms with Gasteiger partial charge in [0.25, 0.3) is 0 Å². The van der Waals surface area contributed by atoms with Crippen LogP contribution >= 0.6 is 0 Å². The smallest absolute Gasteiger partial charge is 0.318 e. The number of imidazole rings is 1. The molecule has 2 saturated carbocycles. The minimum absolute atomic E-state index is 0.121. The molecule has 2 heterocycles. The molecule has 7 nitrogen and oxygen atoms in total. The highest BCUT2D eigenvalue weighted by molar-refractivity contribution is 5.76. The van der Waals surface area contributed by atoms with Crippen molar-refractivity contribution in [2.24, 2.45) is 13.0 Å². The summed E-state index contributed by atoms with van der Waals surface area (Å²) in [5, 5.41) is 3.22. The molecule has 2 aliphatic rings. The highest BCUT2D eigenvalue weighted by Gasteiger charge is 2.38. The molecule has 2 fully saturated rings. The van der Waals surface area contributed by atoms with Crippen LogP contribution in [0.2, 0.25) is 0 Å². The van der Waals surface area contributed by atoms with Gasteiger partial charge in [-0.15, -0.1) is 0 Å². The van der Waals surface area contributed by atoms with Gasteiger partial charge < -0.3 is 23.9 Å². The van der Waals surface area contributed by atoms with Crippen LogP contribution in [0.3, 0.4) is 0 Å². The highest BCUT2D eigenvalue weighted by atomic mass is 16.5. The number of rotatable bonds is 8. The Hall–Kier alpha value is -3.22. The van der Waals surface area contributed by atoms with E-state index in [1.165, 1.54) is 6.42 Å². The Morgan fingerprint density at radius 2 is 2.09 bits per heavy atom. The Kier molecular flexibility index (Phi) is 5.41. The first-order valence-electron chi connectivity index (χ1n) is 11.3. The first-order valence-corrected chi connectivity index (χ1v) is 11.3. The van der Waals surface area contributed by atoms with Crippen LogP contribution in [0.15, 0.2) is 53.2 Å². The molecule has 7 heteroatoms. The molecule has 3 unspecified atom stereocenters. The highest BCUT2D eigenvalue weighted by Crippen LogP contribution is 2.47. The molecule has 1 N–H and O–H groups in total. The van der Waals surface area contributed by atoms with Crippen molar-refractivity contribution in [1.29, 1.82) is 0 Å². The number of carbonyl (C=O) groups excluding carboxylic acids is 1. The molecule has 0 spiro atoms. The fourth-order valence-electron chi connectivity index (χ4n) is 4.37. The van der Waals surface area contributed by atoms with Gasteiger partial charge in [-0.05, 0) is 43.4 Å². The Balaban J connectivity index is 1.39. The molecule has 3 atom stereocenters. The summed E-state index contributed by atoms with van der Waals surface area (Å²) in [5.41, 5.74) is 0.872. The van der Waals surface area contributed by atoms with E-state index in [4.69, 9.17) is 9.15 Å². The summed E-state index contributed by atoms with van der Waals surface area (Å²) < 4.78 is 13.6. The fourth-order valence-corrected chi connectivity index (χ4v) is 4.37. The number of nitrogens with zero attached hydrogens (tertiary/aromatic N) is 3. The minimum Gasteiger partial charge on any atom is -0.496 e. The third-order valence-electron chi connectivity index (χ3n) is 6.57. The quantitative estimate of drug-likeness (QED) is 0.562. The Morgan fingerprint density at radius 1 is 1.31 bits per heavy atom. The molecule has 2 aromatic heterocycles. The van der Waals surface area contributed by atoms with Gasteiger partial charge in [-0.3, -0.25) is 0 Å². The van der Waals surface area contributed by atoms with E-state index in [2.05, 4.69) is 23.3 Å². The number of hydrogen-bond acceptors (Lipinski definition) is 4. The SMILES string of the molecule is COc1ccccc1C(NC(=O)N(Cc1ccc(C2CC2C)o1)C1CC1)c1nccn1C. The molecule has 0 saturated heterocycles. The van der Waals surface area contributed by atoms with E-state index in [0.29, 0.717) is 24.1 Å². The number of methoxy groups -OCH3 is 1. The fraction of sp³-hybridized carbons (Fsp3) is 0.440. The van der Waals surface area contributed by atoms with Crippen molar-refractivity contribution in [2.45, 2.75) is 50.7 Å². The molecule has 168 valence electrons. The molecule has 5 rings (SSSR count). The van der Waals surface area contributed by atoms with E-state index < -0.39 is 6.04 Å². The lowest BCUT2D eigenvalue weighted by molar-refractivity contribution is 0.183. The molecule has 32 heavy (non-hydrogen) atoms. The van der Waals surface area contributed by atoms with Gasteiger partial charge in [0.2, 0.25) is 0 Å². The standard InChI is InChI=1S/C25H30N4O3/c1-16-14-20(16)22-11-10-18(32-22)15-29(17-8-9-17)25(30)27-23(24-26-12-13-28(24)2)19-6-4-5-7-21(19)31-3/h4-7,10-13,16-17,20,23H,8-9,14-15H2,1-3H3,(H,27,30). The number of benzene rings is 1. The summed E-state index contributed by atoms with van der Waals surface area (Å²) in [6.07, 6.45) is 6.84. The van der Waals surface area contributed by atoms with Gasteiger partial charge in [-0.1, -0.05) is 25.1 Å². The minimum atomic E-state index is -0.431. The number of carbonyl (C=O) groups is 1. The summed E-state index contributed by atoms with van der Waals surface area (Å²) in [7, 11) is 3.57. The zero-order valence-corrected chi connectivity index (χ0v) is 18.8. The van der Waals surface area contributed by atoms with Gasteiger partial charge in [0.05, 0.1) is 13.7 Å². The number of amides is 2. The number of urea groups is 1. The Morgan fingerprint density at radius 3 is 2.75 bits per heavy atom. The Bertz CT molecular complexity index is 1100. The van der Waals surface area contributed by atoms with E-state index in [9.17, 15) is 4.79 Å². The summed E-state index contributed by atoms with van der Waals surface area (Å²) >= 11 is 0. The van der Waals surface area contributed by atoms with Crippen molar-refractivity contribution in [2.75, 3.05) is 7.11 Å². The zero-order chi connectivity index (χ0) is 22.2. The maximum atomic E-state index is 13.5. The number of aryl methyl sites for hydroxylation is 1. The van der Waals surface area contributed by atoms with Gasteiger partial charge in [0.15, 0.2) is 0 Å². The summed E-state index contributed by atoms with van der Waals surface area (Å²) in [6.45, 7) is 2.71. The van der Waals surface area contributed by atoms with E-state index in [1.54, 1.807) is 13.3 Å². The molecular weight excluding hydrogens is 404 g/mol. The van der Waals surface area contributed by atoms with Crippen LogP contribution in [0, 0.1) is 5.92 Å². The van der Waals surface area contributed by atoms with Crippen LogP contribution in [0.5, 0.6) is 5.75 Å². The maximum absolute atomic E-state index is 13.5. The summed E-state index contributed by atoms with van der Waals surface area (Å²) in [6, 6.07) is 11.5. The Labute approximate surface area is 188 Å². The molecule has 2 amide bonds. The second kappa shape index (κ2) is 8.37. The topological polar surface area (TPSA) is 72.5 Å². The molecule has 0 aliphatic heterocycles. The lowest BCUT2D eigenvalue weighted by atomic mass is 10.0. The summed E-state index contributed by atoms with van der Waals surface area (Å²) in [4.78, 5) is 19.9. The van der Waals surface area contributed by atoms with Gasteiger partial charge in [-0.2, -0.15) is 0 Å². The third kappa shape index (κ3) is 4.11. The van der Waals surface area contributed by atoms with Crippen LogP contribution in [-0.2, 0) is 13.6 Å². The van der Waals surface area contributed by atoms with Crippen molar-refractivity contribution in [3.05, 3.63) is 71.7 Å². The predicted octanol–water partition coefficient (Wildman–Crippen LogP) is 4.61. The average molecular weight is 435 g/mol.